The van der Waals surface area contributed by atoms with Gasteiger partial charge in [-0.1, -0.05) is 23.2 Å². The molecule has 0 heterocycles. The van der Waals surface area contributed by atoms with Crippen LogP contribution >= 0.6 is 23.2 Å². The summed E-state index contributed by atoms with van der Waals surface area (Å²) in [6, 6.07) is 5.28. The van der Waals surface area contributed by atoms with Crippen LogP contribution in [0.2, 0.25) is 10.0 Å². The molecule has 0 bridgehead atoms. The van der Waals surface area contributed by atoms with Gasteiger partial charge in [0.1, 0.15) is 11.6 Å². The smallest absolute Gasteiger partial charge is 0.254 e. The summed E-state index contributed by atoms with van der Waals surface area (Å²) in [6.07, 6.45) is 0. The molecule has 2 aromatic carbocycles. The Morgan fingerprint density at radius 2 is 1.71 bits per heavy atom. The van der Waals surface area contributed by atoms with Gasteiger partial charge >= 0.3 is 0 Å². The third-order valence-corrected chi connectivity index (χ3v) is 3.57. The number of nitrogens with two attached hydrogens (primary N) is 1. The van der Waals surface area contributed by atoms with Gasteiger partial charge in [-0.15, -0.1) is 0 Å². The molecule has 0 aliphatic carbocycles. The molecule has 0 fully saturated rings. The van der Waals surface area contributed by atoms with Crippen LogP contribution in [0.15, 0.2) is 30.3 Å². The van der Waals surface area contributed by atoms with Crippen molar-refractivity contribution in [3.8, 4) is 0 Å². The zero-order valence-electron chi connectivity index (χ0n) is 12.0. The second-order valence-electron chi connectivity index (χ2n) is 4.71. The molecule has 2 amide bonds. The Kier molecular flexibility index (Phi) is 5.58. The zero-order valence-corrected chi connectivity index (χ0v) is 13.5. The van der Waals surface area contributed by atoms with Crippen LogP contribution < -0.4 is 16.4 Å². The summed E-state index contributed by atoms with van der Waals surface area (Å²) in [6.45, 7) is -0.435. The van der Waals surface area contributed by atoms with Crippen LogP contribution in [0.5, 0.6) is 0 Å². The van der Waals surface area contributed by atoms with Crippen LogP contribution in [0.4, 0.5) is 20.2 Å². The Hall–Kier alpha value is -2.38. The first-order valence-electron chi connectivity index (χ1n) is 6.55. The van der Waals surface area contributed by atoms with Gasteiger partial charge < -0.3 is 16.4 Å². The van der Waals surface area contributed by atoms with E-state index in [1.165, 1.54) is 12.1 Å². The molecular formula is C15H11Cl2F2N3O2. The Morgan fingerprint density at radius 1 is 1.08 bits per heavy atom. The highest BCUT2D eigenvalue weighted by Gasteiger charge is 2.14. The molecule has 0 aliphatic heterocycles. The molecule has 0 aromatic heterocycles. The third-order valence-electron chi connectivity index (χ3n) is 2.95. The summed E-state index contributed by atoms with van der Waals surface area (Å²) in [5.41, 5.74) is 5.66. The highest BCUT2D eigenvalue weighted by atomic mass is 35.5. The molecule has 0 spiro atoms. The fraction of sp³-hybridized carbons (Fsp3) is 0.0667. The molecule has 24 heavy (non-hydrogen) atoms. The van der Waals surface area contributed by atoms with E-state index in [4.69, 9.17) is 28.9 Å². The van der Waals surface area contributed by atoms with Gasteiger partial charge in [0.05, 0.1) is 27.8 Å². The summed E-state index contributed by atoms with van der Waals surface area (Å²) >= 11 is 11.7. The molecule has 0 atom stereocenters. The van der Waals surface area contributed by atoms with E-state index in [-0.39, 0.29) is 27.0 Å². The number of benzene rings is 2. The average molecular weight is 374 g/mol. The molecular weight excluding hydrogens is 363 g/mol. The van der Waals surface area contributed by atoms with Crippen molar-refractivity contribution in [2.24, 2.45) is 0 Å². The highest BCUT2D eigenvalue weighted by molar-refractivity contribution is 6.39. The van der Waals surface area contributed by atoms with E-state index in [2.05, 4.69) is 10.6 Å². The summed E-state index contributed by atoms with van der Waals surface area (Å²) in [7, 11) is 0. The number of hydrogen-bond acceptors (Lipinski definition) is 3. The van der Waals surface area contributed by atoms with E-state index in [0.717, 1.165) is 12.1 Å². The number of carbonyl (C=O) groups excluding carboxylic acids is 2. The second kappa shape index (κ2) is 7.46. The van der Waals surface area contributed by atoms with Gasteiger partial charge in [0, 0.05) is 11.8 Å². The number of hydrogen-bond donors (Lipinski definition) is 3. The number of rotatable bonds is 4. The minimum atomic E-state index is -1.02. The number of nitrogen functional groups attached to an aromatic ring is 1. The standard InChI is InChI=1S/C15H11Cl2F2N3O2/c16-10-4-8(5-11(17)14(10)20)22-13(23)6-21-15(24)9-2-1-7(18)3-12(9)19/h1-5H,6,20H2,(H,21,24)(H,22,23). The van der Waals surface area contributed by atoms with Crippen LogP contribution in [0, 0.1) is 11.6 Å². The van der Waals surface area contributed by atoms with E-state index in [0.29, 0.717) is 6.07 Å². The summed E-state index contributed by atoms with van der Waals surface area (Å²) in [5.74, 6) is -3.28. The maximum Gasteiger partial charge on any atom is 0.254 e. The third kappa shape index (κ3) is 4.33. The number of carbonyl (C=O) groups is 2. The summed E-state index contributed by atoms with van der Waals surface area (Å²) in [5, 5.41) is 4.99. The number of amides is 2. The molecule has 9 heteroatoms. The second-order valence-corrected chi connectivity index (χ2v) is 5.52. The van der Waals surface area contributed by atoms with Crippen molar-refractivity contribution in [2.75, 3.05) is 17.6 Å². The lowest BCUT2D eigenvalue weighted by molar-refractivity contribution is -0.115. The van der Waals surface area contributed by atoms with Crippen molar-refractivity contribution >= 4 is 46.4 Å². The maximum atomic E-state index is 13.5. The lowest BCUT2D eigenvalue weighted by atomic mass is 10.2. The van der Waals surface area contributed by atoms with E-state index in [1.807, 2.05) is 0 Å². The van der Waals surface area contributed by atoms with E-state index in [9.17, 15) is 18.4 Å². The Balaban J connectivity index is 1.97. The van der Waals surface area contributed by atoms with Crippen molar-refractivity contribution < 1.29 is 18.4 Å². The van der Waals surface area contributed by atoms with Gasteiger partial charge in [0.25, 0.3) is 5.91 Å². The Bertz CT molecular complexity index is 792. The van der Waals surface area contributed by atoms with Gasteiger partial charge in [-0.25, -0.2) is 8.78 Å². The van der Waals surface area contributed by atoms with E-state index in [1.54, 1.807) is 0 Å². The molecule has 126 valence electrons. The van der Waals surface area contributed by atoms with Crippen molar-refractivity contribution in [1.82, 2.24) is 5.32 Å². The van der Waals surface area contributed by atoms with Crippen molar-refractivity contribution in [3.63, 3.8) is 0 Å². The van der Waals surface area contributed by atoms with Gasteiger partial charge in [-0.2, -0.15) is 0 Å². The molecule has 2 rings (SSSR count). The van der Waals surface area contributed by atoms with Crippen molar-refractivity contribution in [2.45, 2.75) is 0 Å². The monoisotopic (exact) mass is 373 g/mol. The van der Waals surface area contributed by atoms with E-state index < -0.39 is 30.0 Å². The topological polar surface area (TPSA) is 84.2 Å². The largest absolute Gasteiger partial charge is 0.396 e. The first-order valence-corrected chi connectivity index (χ1v) is 7.31. The fourth-order valence-electron chi connectivity index (χ4n) is 1.79. The van der Waals surface area contributed by atoms with Crippen LogP contribution in [0.3, 0.4) is 0 Å². The zero-order chi connectivity index (χ0) is 17.9. The van der Waals surface area contributed by atoms with Crippen molar-refractivity contribution in [3.05, 3.63) is 57.6 Å². The molecule has 0 radical (unpaired) electrons. The van der Waals surface area contributed by atoms with Crippen LogP contribution in [0.1, 0.15) is 10.4 Å². The first-order chi connectivity index (χ1) is 11.3. The van der Waals surface area contributed by atoms with Crippen LogP contribution in [-0.4, -0.2) is 18.4 Å². The minimum Gasteiger partial charge on any atom is -0.396 e. The van der Waals surface area contributed by atoms with Crippen LogP contribution in [0.25, 0.3) is 0 Å². The lowest BCUT2D eigenvalue weighted by Crippen LogP contribution is -2.33. The van der Waals surface area contributed by atoms with E-state index >= 15 is 0 Å². The Morgan fingerprint density at radius 3 is 2.29 bits per heavy atom. The predicted molar refractivity (Wildman–Crippen MR) is 88.2 cm³/mol. The summed E-state index contributed by atoms with van der Waals surface area (Å²) < 4.78 is 26.3. The van der Waals surface area contributed by atoms with Crippen molar-refractivity contribution in [1.29, 1.82) is 0 Å². The van der Waals surface area contributed by atoms with Gasteiger partial charge in [0.15, 0.2) is 0 Å². The lowest BCUT2D eigenvalue weighted by Gasteiger charge is -2.09. The SMILES string of the molecule is Nc1c(Cl)cc(NC(=O)CNC(=O)c2ccc(F)cc2F)cc1Cl. The number of nitrogens with one attached hydrogen (secondary N) is 2. The predicted octanol–water partition coefficient (Wildman–Crippen LogP) is 3.22. The normalized spacial score (nSPS) is 10.3. The molecule has 0 aliphatic rings. The molecule has 5 nitrogen and oxygen atoms in total. The molecule has 0 saturated carbocycles. The van der Waals surface area contributed by atoms with Gasteiger partial charge in [0.2, 0.25) is 5.91 Å². The fourth-order valence-corrected chi connectivity index (χ4v) is 2.28. The number of halogens is 4. The van der Waals surface area contributed by atoms with Crippen LogP contribution in [-0.2, 0) is 4.79 Å². The van der Waals surface area contributed by atoms with Gasteiger partial charge in [-0.05, 0) is 24.3 Å². The number of anilines is 2. The molecule has 0 saturated heterocycles. The van der Waals surface area contributed by atoms with Gasteiger partial charge in [-0.3, -0.25) is 9.59 Å². The highest BCUT2D eigenvalue weighted by Crippen LogP contribution is 2.30. The average Bonchev–Trinajstić information content (AvgIpc) is 2.50. The summed E-state index contributed by atoms with van der Waals surface area (Å²) in [4.78, 5) is 23.6. The first kappa shape index (κ1) is 18.0. The molecule has 4 N–H and O–H groups in total. The Labute approximate surface area is 145 Å². The maximum absolute atomic E-state index is 13.5. The molecule has 2 aromatic rings. The quantitative estimate of drug-likeness (QED) is 0.719. The molecule has 0 unspecified atom stereocenters. The minimum absolute atomic E-state index is 0.162.